The van der Waals surface area contributed by atoms with Crippen LogP contribution in [0.2, 0.25) is 0 Å². The highest BCUT2D eigenvalue weighted by molar-refractivity contribution is 7.90. The molecule has 0 saturated heterocycles. The third kappa shape index (κ3) is 3.45. The van der Waals surface area contributed by atoms with Gasteiger partial charge in [-0.15, -0.1) is 0 Å². The van der Waals surface area contributed by atoms with Crippen LogP contribution in [0.4, 0.5) is 13.2 Å². The number of hydrogen-bond donors (Lipinski definition) is 1. The number of hydrogen-bond acceptors (Lipinski definition) is 2. The van der Waals surface area contributed by atoms with Gasteiger partial charge >= 0.3 is 15.5 Å². The van der Waals surface area contributed by atoms with E-state index in [9.17, 15) is 21.6 Å². The molecule has 0 aliphatic carbocycles. The van der Waals surface area contributed by atoms with E-state index >= 15 is 0 Å². The topological polar surface area (TPSA) is 46.2 Å². The van der Waals surface area contributed by atoms with Gasteiger partial charge in [0.05, 0.1) is 0 Å². The van der Waals surface area contributed by atoms with Gasteiger partial charge in [-0.1, -0.05) is 20.8 Å². The summed E-state index contributed by atoms with van der Waals surface area (Å²) in [5.74, 6) is 0. The molecule has 0 heterocycles. The number of sulfonamides is 1. The number of rotatable bonds is 2. The van der Waals surface area contributed by atoms with Crippen LogP contribution >= 0.6 is 0 Å². The summed E-state index contributed by atoms with van der Waals surface area (Å²) in [5.41, 5.74) is -5.80. The molecule has 0 aromatic heterocycles. The molecular formula is C7H14F3NO2S. The van der Waals surface area contributed by atoms with Crippen LogP contribution < -0.4 is 4.72 Å². The summed E-state index contributed by atoms with van der Waals surface area (Å²) < 4.78 is 58.7. The standard InChI is InChI=1S/C7H14F3NO2S/c1-5(6(2,3)4)11-14(12,13)7(8,9)10/h5,11H,1-4H3/t5-/m1/s1. The molecule has 0 aliphatic heterocycles. The lowest BCUT2D eigenvalue weighted by atomic mass is 9.89. The minimum absolute atomic E-state index is 0.557. The smallest absolute Gasteiger partial charge is 0.204 e. The van der Waals surface area contributed by atoms with E-state index in [-0.39, 0.29) is 0 Å². The highest BCUT2D eigenvalue weighted by Gasteiger charge is 2.47. The van der Waals surface area contributed by atoms with E-state index in [1.165, 1.54) is 6.92 Å². The summed E-state index contributed by atoms with van der Waals surface area (Å²) in [7, 11) is -5.23. The second-order valence-electron chi connectivity index (χ2n) is 4.15. The molecule has 0 aliphatic rings. The molecule has 7 heteroatoms. The van der Waals surface area contributed by atoms with E-state index in [2.05, 4.69) is 0 Å². The summed E-state index contributed by atoms with van der Waals surface area (Å²) in [6.45, 7) is 6.34. The Hall–Kier alpha value is -0.300. The lowest BCUT2D eigenvalue weighted by Gasteiger charge is -2.28. The molecule has 0 saturated carbocycles. The zero-order valence-corrected chi connectivity index (χ0v) is 9.25. The molecular weight excluding hydrogens is 219 g/mol. The quantitative estimate of drug-likeness (QED) is 0.791. The van der Waals surface area contributed by atoms with Gasteiger partial charge in [0.15, 0.2) is 0 Å². The highest BCUT2D eigenvalue weighted by atomic mass is 32.2. The molecule has 86 valence electrons. The lowest BCUT2D eigenvalue weighted by molar-refractivity contribution is -0.0453. The van der Waals surface area contributed by atoms with Gasteiger partial charge in [-0.2, -0.15) is 13.2 Å². The first-order valence-electron chi connectivity index (χ1n) is 3.96. The van der Waals surface area contributed by atoms with Crippen LogP contribution in [0.5, 0.6) is 0 Å². The first-order valence-corrected chi connectivity index (χ1v) is 5.45. The van der Waals surface area contributed by atoms with Crippen molar-refractivity contribution in [1.82, 2.24) is 4.72 Å². The Labute approximate surface area is 81.7 Å². The van der Waals surface area contributed by atoms with Gasteiger partial charge in [0.2, 0.25) is 0 Å². The summed E-state index contributed by atoms with van der Waals surface area (Å²) in [6, 6.07) is -0.783. The van der Waals surface area contributed by atoms with Crippen LogP contribution in [0, 0.1) is 5.41 Å². The number of alkyl halides is 3. The van der Waals surface area contributed by atoms with E-state index in [0.717, 1.165) is 0 Å². The average molecular weight is 233 g/mol. The number of nitrogens with one attached hydrogen (secondary N) is 1. The van der Waals surface area contributed by atoms with Gasteiger partial charge in [0.25, 0.3) is 0 Å². The second kappa shape index (κ2) is 3.69. The van der Waals surface area contributed by atoms with Crippen molar-refractivity contribution in [3.05, 3.63) is 0 Å². The van der Waals surface area contributed by atoms with Gasteiger partial charge in [-0.3, -0.25) is 0 Å². The molecule has 0 rings (SSSR count). The third-order valence-electron chi connectivity index (χ3n) is 1.94. The van der Waals surface area contributed by atoms with Gasteiger partial charge in [0, 0.05) is 6.04 Å². The van der Waals surface area contributed by atoms with Gasteiger partial charge < -0.3 is 0 Å². The predicted octanol–water partition coefficient (Wildman–Crippen LogP) is 1.86. The highest BCUT2D eigenvalue weighted by Crippen LogP contribution is 2.25. The molecule has 1 N–H and O–H groups in total. The van der Waals surface area contributed by atoms with Gasteiger partial charge in [0.1, 0.15) is 0 Å². The minimum atomic E-state index is -5.24. The minimum Gasteiger partial charge on any atom is -0.204 e. The summed E-state index contributed by atoms with van der Waals surface area (Å²) in [5, 5.41) is 0. The maximum Gasteiger partial charge on any atom is 0.511 e. The van der Waals surface area contributed by atoms with Crippen LogP contribution in [0.3, 0.4) is 0 Å². The Bertz CT molecular complexity index is 289. The van der Waals surface area contributed by atoms with Crippen molar-refractivity contribution >= 4 is 10.0 Å². The molecule has 0 aromatic carbocycles. The third-order valence-corrected chi connectivity index (χ3v) is 3.21. The molecule has 0 aromatic rings. The van der Waals surface area contributed by atoms with E-state index in [0.29, 0.717) is 0 Å². The van der Waals surface area contributed by atoms with Gasteiger partial charge in [-0.25, -0.2) is 13.1 Å². The Morgan fingerprint density at radius 1 is 1.14 bits per heavy atom. The van der Waals surface area contributed by atoms with Crippen molar-refractivity contribution in [3.63, 3.8) is 0 Å². The predicted molar refractivity (Wildman–Crippen MR) is 47.0 cm³/mol. The summed E-state index contributed by atoms with van der Waals surface area (Å²) >= 11 is 0. The van der Waals surface area contributed by atoms with Crippen LogP contribution in [0.1, 0.15) is 27.7 Å². The Kier molecular flexibility index (Phi) is 3.61. The second-order valence-corrected chi connectivity index (χ2v) is 5.86. The Morgan fingerprint density at radius 2 is 1.50 bits per heavy atom. The molecule has 0 bridgehead atoms. The Balaban J connectivity index is 4.72. The van der Waals surface area contributed by atoms with Crippen LogP contribution in [0.25, 0.3) is 0 Å². The fraction of sp³-hybridized carbons (Fsp3) is 1.00. The van der Waals surface area contributed by atoms with E-state index in [1.54, 1.807) is 25.5 Å². The fourth-order valence-corrected chi connectivity index (χ4v) is 1.43. The zero-order chi connectivity index (χ0) is 11.8. The normalized spacial score (nSPS) is 16.8. The molecule has 1 atom stereocenters. The van der Waals surface area contributed by atoms with Crippen molar-refractivity contribution in [3.8, 4) is 0 Å². The van der Waals surface area contributed by atoms with Crippen LogP contribution in [0.15, 0.2) is 0 Å². The molecule has 3 nitrogen and oxygen atoms in total. The van der Waals surface area contributed by atoms with Crippen LogP contribution in [-0.4, -0.2) is 20.0 Å². The van der Waals surface area contributed by atoms with Crippen molar-refractivity contribution in [1.29, 1.82) is 0 Å². The largest absolute Gasteiger partial charge is 0.511 e. The molecule has 0 radical (unpaired) electrons. The molecule has 0 fully saturated rings. The molecule has 0 spiro atoms. The zero-order valence-electron chi connectivity index (χ0n) is 8.44. The fourth-order valence-electron chi connectivity index (χ4n) is 0.476. The van der Waals surface area contributed by atoms with Crippen LogP contribution in [-0.2, 0) is 10.0 Å². The SMILES string of the molecule is C[C@@H](NS(=O)(=O)C(F)(F)F)C(C)(C)C. The first kappa shape index (κ1) is 13.7. The molecule has 14 heavy (non-hydrogen) atoms. The van der Waals surface area contributed by atoms with Gasteiger partial charge in [-0.05, 0) is 12.3 Å². The summed E-state index contributed by atoms with van der Waals surface area (Å²) in [6.07, 6.45) is 0. The van der Waals surface area contributed by atoms with E-state index in [4.69, 9.17) is 0 Å². The maximum absolute atomic E-state index is 11.9. The number of halogens is 3. The molecule has 0 unspecified atom stereocenters. The maximum atomic E-state index is 11.9. The lowest BCUT2D eigenvalue weighted by Crippen LogP contribution is -2.46. The van der Waals surface area contributed by atoms with Crippen molar-refractivity contribution < 1.29 is 21.6 Å². The average Bonchev–Trinajstić information content (AvgIpc) is 1.80. The molecule has 0 amide bonds. The van der Waals surface area contributed by atoms with Crippen molar-refractivity contribution in [2.24, 2.45) is 5.41 Å². The first-order chi connectivity index (χ1) is 5.88. The summed E-state index contributed by atoms with van der Waals surface area (Å²) in [4.78, 5) is 0. The van der Waals surface area contributed by atoms with Crippen molar-refractivity contribution in [2.45, 2.75) is 39.2 Å². The monoisotopic (exact) mass is 233 g/mol. The Morgan fingerprint density at radius 3 is 1.71 bits per heavy atom. The van der Waals surface area contributed by atoms with Crippen molar-refractivity contribution in [2.75, 3.05) is 0 Å². The van der Waals surface area contributed by atoms with E-state index < -0.39 is 27.0 Å². The van der Waals surface area contributed by atoms with E-state index in [1.807, 2.05) is 0 Å².